The second-order valence-corrected chi connectivity index (χ2v) is 6.55. The Hall–Kier alpha value is -2.70. The summed E-state index contributed by atoms with van der Waals surface area (Å²) in [4.78, 5) is 11.6. The van der Waals surface area contributed by atoms with Crippen molar-refractivity contribution in [1.82, 2.24) is 9.78 Å². The quantitative estimate of drug-likeness (QED) is 0.708. The van der Waals surface area contributed by atoms with Crippen LogP contribution in [-0.4, -0.2) is 27.6 Å². The van der Waals surface area contributed by atoms with Crippen molar-refractivity contribution >= 4 is 29.2 Å². The largest absolute Gasteiger partial charge is 0.476 e. The van der Waals surface area contributed by atoms with Crippen molar-refractivity contribution in [3.63, 3.8) is 0 Å². The van der Waals surface area contributed by atoms with Gasteiger partial charge in [-0.25, -0.2) is 9.48 Å². The monoisotopic (exact) mass is 390 g/mol. The lowest BCUT2D eigenvalue weighted by molar-refractivity contribution is 0.0689. The van der Waals surface area contributed by atoms with Crippen molar-refractivity contribution in [3.8, 4) is 28.4 Å². The van der Waals surface area contributed by atoms with Gasteiger partial charge >= 0.3 is 5.97 Å². The van der Waals surface area contributed by atoms with Crippen LogP contribution in [0.15, 0.2) is 36.4 Å². The zero-order valence-corrected chi connectivity index (χ0v) is 15.0. The van der Waals surface area contributed by atoms with E-state index in [4.69, 9.17) is 32.7 Å². The van der Waals surface area contributed by atoms with Crippen molar-refractivity contribution in [3.05, 3.63) is 57.7 Å². The zero-order valence-electron chi connectivity index (χ0n) is 13.5. The van der Waals surface area contributed by atoms with Gasteiger partial charge in [0.15, 0.2) is 17.2 Å². The lowest BCUT2D eigenvalue weighted by Gasteiger charge is -2.11. The van der Waals surface area contributed by atoms with E-state index in [0.717, 1.165) is 5.56 Å². The van der Waals surface area contributed by atoms with E-state index in [2.05, 4.69) is 5.10 Å². The number of fused-ring (bicyclic) bond motifs is 1. The molecular weight excluding hydrogens is 379 g/mol. The Morgan fingerprint density at radius 2 is 1.92 bits per heavy atom. The van der Waals surface area contributed by atoms with E-state index in [0.29, 0.717) is 38.5 Å². The number of carboxylic acid groups (broad SMARTS) is 1. The molecule has 0 aliphatic carbocycles. The minimum atomic E-state index is -1.12. The smallest absolute Gasteiger partial charge is 0.356 e. The SMILES string of the molecule is Cc1c(C(=O)O)nn(-c2ccc(Cl)cc2Cl)c1-c1ccc2c(c1)OCO2. The van der Waals surface area contributed by atoms with Crippen LogP contribution >= 0.6 is 23.2 Å². The van der Waals surface area contributed by atoms with Crippen molar-refractivity contribution in [2.45, 2.75) is 6.92 Å². The van der Waals surface area contributed by atoms with E-state index in [-0.39, 0.29) is 12.5 Å². The Balaban J connectivity index is 1.97. The van der Waals surface area contributed by atoms with Crippen molar-refractivity contribution in [2.24, 2.45) is 0 Å². The van der Waals surface area contributed by atoms with Crippen LogP contribution in [0.3, 0.4) is 0 Å². The van der Waals surface area contributed by atoms with Crippen molar-refractivity contribution in [1.29, 1.82) is 0 Å². The highest BCUT2D eigenvalue weighted by atomic mass is 35.5. The van der Waals surface area contributed by atoms with Crippen LogP contribution in [0.5, 0.6) is 11.5 Å². The first-order valence-corrected chi connectivity index (χ1v) is 8.39. The third-order valence-electron chi connectivity index (χ3n) is 4.11. The summed E-state index contributed by atoms with van der Waals surface area (Å²) in [5.74, 6) is 0.113. The fourth-order valence-corrected chi connectivity index (χ4v) is 3.40. The number of aromatic nitrogens is 2. The third-order valence-corrected chi connectivity index (χ3v) is 4.65. The highest BCUT2D eigenvalue weighted by Crippen LogP contribution is 2.39. The molecule has 2 aromatic carbocycles. The number of hydrogen-bond donors (Lipinski definition) is 1. The molecule has 1 aliphatic rings. The lowest BCUT2D eigenvalue weighted by Crippen LogP contribution is -2.03. The van der Waals surface area contributed by atoms with Gasteiger partial charge in [0.1, 0.15) is 0 Å². The molecule has 0 unspecified atom stereocenters. The van der Waals surface area contributed by atoms with Gasteiger partial charge in [0.05, 0.1) is 16.4 Å². The predicted octanol–water partition coefficient (Wildman–Crippen LogP) is 4.58. The van der Waals surface area contributed by atoms with E-state index < -0.39 is 5.97 Å². The molecule has 4 rings (SSSR count). The topological polar surface area (TPSA) is 73.6 Å². The first-order valence-electron chi connectivity index (χ1n) is 7.64. The van der Waals surface area contributed by atoms with Gasteiger partial charge in [-0.3, -0.25) is 0 Å². The Morgan fingerprint density at radius 1 is 1.15 bits per heavy atom. The van der Waals surface area contributed by atoms with Crippen LogP contribution < -0.4 is 9.47 Å². The molecule has 1 aromatic heterocycles. The Kier molecular flexibility index (Phi) is 4.01. The number of nitrogens with zero attached hydrogens (tertiary/aromatic N) is 2. The summed E-state index contributed by atoms with van der Waals surface area (Å²) in [5.41, 5.74) is 2.33. The Bertz CT molecular complexity index is 1050. The predicted molar refractivity (Wildman–Crippen MR) is 96.8 cm³/mol. The molecule has 0 saturated carbocycles. The summed E-state index contributed by atoms with van der Waals surface area (Å²) >= 11 is 12.3. The van der Waals surface area contributed by atoms with Crippen LogP contribution in [0.2, 0.25) is 10.0 Å². The first kappa shape index (κ1) is 16.8. The molecule has 6 nitrogen and oxygen atoms in total. The van der Waals surface area contributed by atoms with E-state index in [1.807, 2.05) is 6.07 Å². The molecule has 0 amide bonds. The molecule has 1 aliphatic heterocycles. The number of aromatic carboxylic acids is 1. The summed E-state index contributed by atoms with van der Waals surface area (Å²) in [6.45, 7) is 1.86. The highest BCUT2D eigenvalue weighted by Gasteiger charge is 2.24. The molecule has 8 heteroatoms. The second kappa shape index (κ2) is 6.23. The molecule has 0 bridgehead atoms. The summed E-state index contributed by atoms with van der Waals surface area (Å²) in [7, 11) is 0. The molecule has 1 N–H and O–H groups in total. The number of rotatable bonds is 3. The zero-order chi connectivity index (χ0) is 18.4. The van der Waals surface area contributed by atoms with Gasteiger partial charge in [0.2, 0.25) is 6.79 Å². The van der Waals surface area contributed by atoms with Crippen molar-refractivity contribution in [2.75, 3.05) is 6.79 Å². The highest BCUT2D eigenvalue weighted by molar-refractivity contribution is 6.35. The van der Waals surface area contributed by atoms with Gasteiger partial charge in [-0.1, -0.05) is 23.2 Å². The lowest BCUT2D eigenvalue weighted by atomic mass is 10.1. The molecular formula is C18H12Cl2N2O4. The Morgan fingerprint density at radius 3 is 2.65 bits per heavy atom. The summed E-state index contributed by atoms with van der Waals surface area (Å²) in [6, 6.07) is 10.3. The number of carboxylic acids is 1. The van der Waals surface area contributed by atoms with Gasteiger partial charge in [-0.15, -0.1) is 0 Å². The molecule has 2 heterocycles. The minimum Gasteiger partial charge on any atom is -0.476 e. The molecule has 0 radical (unpaired) electrons. The summed E-state index contributed by atoms with van der Waals surface area (Å²) in [6.07, 6.45) is 0. The van der Waals surface area contributed by atoms with Gasteiger partial charge in [-0.05, 0) is 43.3 Å². The standard InChI is InChI=1S/C18H12Cl2N2O4/c1-9-16(18(23)24)21-22(13-4-3-11(19)7-12(13)20)17(9)10-2-5-14-15(6-10)26-8-25-14/h2-7H,8H2,1H3,(H,23,24). The van der Waals surface area contributed by atoms with Crippen LogP contribution in [0.25, 0.3) is 16.9 Å². The molecule has 0 fully saturated rings. The number of ether oxygens (including phenoxy) is 2. The number of benzene rings is 2. The number of halogens is 2. The molecule has 26 heavy (non-hydrogen) atoms. The fraction of sp³-hybridized carbons (Fsp3) is 0.111. The van der Waals surface area contributed by atoms with E-state index in [1.165, 1.54) is 4.68 Å². The van der Waals surface area contributed by atoms with Gasteiger partial charge in [0, 0.05) is 16.1 Å². The summed E-state index contributed by atoms with van der Waals surface area (Å²) in [5, 5.41) is 14.6. The summed E-state index contributed by atoms with van der Waals surface area (Å²) < 4.78 is 12.3. The van der Waals surface area contributed by atoms with Gasteiger partial charge < -0.3 is 14.6 Å². The molecule has 3 aromatic rings. The van der Waals surface area contributed by atoms with Crippen LogP contribution in [0.4, 0.5) is 0 Å². The maximum Gasteiger partial charge on any atom is 0.356 e. The second-order valence-electron chi connectivity index (χ2n) is 5.70. The number of carbonyl (C=O) groups is 1. The maximum atomic E-state index is 11.6. The van der Waals surface area contributed by atoms with Crippen LogP contribution in [0.1, 0.15) is 16.1 Å². The van der Waals surface area contributed by atoms with Gasteiger partial charge in [-0.2, -0.15) is 5.10 Å². The average molecular weight is 391 g/mol. The van der Waals surface area contributed by atoms with E-state index in [9.17, 15) is 9.90 Å². The van der Waals surface area contributed by atoms with E-state index in [1.54, 1.807) is 37.3 Å². The third kappa shape index (κ3) is 2.67. The molecule has 132 valence electrons. The first-order chi connectivity index (χ1) is 12.5. The maximum absolute atomic E-state index is 11.6. The van der Waals surface area contributed by atoms with E-state index >= 15 is 0 Å². The molecule has 0 saturated heterocycles. The normalized spacial score (nSPS) is 12.4. The van der Waals surface area contributed by atoms with Crippen molar-refractivity contribution < 1.29 is 19.4 Å². The Labute approximate surface area is 158 Å². The molecule has 0 atom stereocenters. The molecule has 0 spiro atoms. The minimum absolute atomic E-state index is 0.0521. The van der Waals surface area contributed by atoms with Gasteiger partial charge in [0.25, 0.3) is 0 Å². The fourth-order valence-electron chi connectivity index (χ4n) is 2.91. The average Bonchev–Trinajstić information content (AvgIpc) is 3.18. The van der Waals surface area contributed by atoms with Crippen LogP contribution in [-0.2, 0) is 0 Å². The van der Waals surface area contributed by atoms with Crippen LogP contribution in [0, 0.1) is 6.92 Å². The number of hydrogen-bond acceptors (Lipinski definition) is 4.